The Morgan fingerprint density at radius 1 is 1.25 bits per heavy atom. The second-order valence-electron chi connectivity index (χ2n) is 3.61. The zero-order valence-corrected chi connectivity index (χ0v) is 10.2. The largest absolute Gasteiger partial charge is 0.496 e. The Morgan fingerprint density at radius 3 is 2.62 bits per heavy atom. The molecule has 2 rings (SSSR count). The molecule has 0 unspecified atom stereocenters. The van der Waals surface area contributed by atoms with Crippen LogP contribution in [0.4, 0.5) is 0 Å². The molecule has 0 saturated carbocycles. The van der Waals surface area contributed by atoms with Crippen LogP contribution in [0.2, 0.25) is 0 Å². The Morgan fingerprint density at radius 2 is 2.06 bits per heavy atom. The van der Waals surface area contributed by atoms with E-state index in [1.165, 1.54) is 10.4 Å². The Hall–Kier alpha value is -1.32. The molecular formula is C13H14O2S. The van der Waals surface area contributed by atoms with Gasteiger partial charge in [-0.2, -0.15) is 0 Å². The highest BCUT2D eigenvalue weighted by Crippen LogP contribution is 2.31. The highest BCUT2D eigenvalue weighted by molar-refractivity contribution is 7.15. The molecule has 0 aliphatic heterocycles. The van der Waals surface area contributed by atoms with Gasteiger partial charge in [0.15, 0.2) is 0 Å². The number of benzene rings is 1. The third-order valence-electron chi connectivity index (χ3n) is 2.50. The first-order chi connectivity index (χ1) is 7.74. The highest BCUT2D eigenvalue weighted by Gasteiger charge is 2.04. The molecule has 2 aromatic rings. The minimum Gasteiger partial charge on any atom is -0.496 e. The van der Waals surface area contributed by atoms with E-state index in [9.17, 15) is 0 Å². The van der Waals surface area contributed by atoms with E-state index < -0.39 is 0 Å². The van der Waals surface area contributed by atoms with Crippen molar-refractivity contribution in [3.05, 3.63) is 40.8 Å². The van der Waals surface area contributed by atoms with Crippen LogP contribution in [-0.2, 0) is 6.61 Å². The van der Waals surface area contributed by atoms with E-state index in [1.54, 1.807) is 18.4 Å². The number of hydrogen-bond donors (Lipinski definition) is 1. The lowest BCUT2D eigenvalue weighted by atomic mass is 10.1. The van der Waals surface area contributed by atoms with Crippen LogP contribution < -0.4 is 4.74 Å². The molecule has 1 aromatic carbocycles. The van der Waals surface area contributed by atoms with Gasteiger partial charge in [0.25, 0.3) is 0 Å². The van der Waals surface area contributed by atoms with Crippen LogP contribution in [0.25, 0.3) is 10.4 Å². The fourth-order valence-corrected chi connectivity index (χ4v) is 2.51. The smallest absolute Gasteiger partial charge is 0.121 e. The number of hydrogen-bond acceptors (Lipinski definition) is 3. The molecule has 0 saturated heterocycles. The lowest BCUT2D eigenvalue weighted by Gasteiger charge is -2.05. The second kappa shape index (κ2) is 4.68. The molecule has 0 aliphatic carbocycles. The summed E-state index contributed by atoms with van der Waals surface area (Å²) in [5.41, 5.74) is 2.29. The lowest BCUT2D eigenvalue weighted by Crippen LogP contribution is -1.86. The predicted molar refractivity (Wildman–Crippen MR) is 67.0 cm³/mol. The number of aliphatic hydroxyl groups is 1. The van der Waals surface area contributed by atoms with Crippen molar-refractivity contribution in [3.63, 3.8) is 0 Å². The molecule has 1 heterocycles. The standard InChI is InChI=1S/C13H14O2S/c1-9-7-10(3-5-12(9)15-2)13-6-4-11(8-14)16-13/h3-7,14H,8H2,1-2H3. The minimum atomic E-state index is 0.111. The minimum absolute atomic E-state index is 0.111. The summed E-state index contributed by atoms with van der Waals surface area (Å²) in [6.07, 6.45) is 0. The summed E-state index contributed by atoms with van der Waals surface area (Å²) in [6, 6.07) is 10.1. The summed E-state index contributed by atoms with van der Waals surface area (Å²) >= 11 is 1.62. The summed E-state index contributed by atoms with van der Waals surface area (Å²) in [6.45, 7) is 2.14. The monoisotopic (exact) mass is 234 g/mol. The molecule has 1 aromatic heterocycles. The van der Waals surface area contributed by atoms with E-state index in [0.717, 1.165) is 16.2 Å². The van der Waals surface area contributed by atoms with Crippen molar-refractivity contribution in [3.8, 4) is 16.2 Å². The fourth-order valence-electron chi connectivity index (χ4n) is 1.65. The maximum absolute atomic E-state index is 9.03. The van der Waals surface area contributed by atoms with E-state index in [4.69, 9.17) is 9.84 Å². The van der Waals surface area contributed by atoms with Crippen LogP contribution in [0.1, 0.15) is 10.4 Å². The van der Waals surface area contributed by atoms with Gasteiger partial charge in [0, 0.05) is 9.75 Å². The SMILES string of the molecule is COc1ccc(-c2ccc(CO)s2)cc1C. The van der Waals surface area contributed by atoms with Gasteiger partial charge in [0.1, 0.15) is 5.75 Å². The summed E-state index contributed by atoms with van der Waals surface area (Å²) in [5.74, 6) is 0.905. The molecule has 0 radical (unpaired) electrons. The van der Waals surface area contributed by atoms with Gasteiger partial charge >= 0.3 is 0 Å². The van der Waals surface area contributed by atoms with Gasteiger partial charge in [-0.15, -0.1) is 11.3 Å². The van der Waals surface area contributed by atoms with Crippen molar-refractivity contribution >= 4 is 11.3 Å². The van der Waals surface area contributed by atoms with Gasteiger partial charge in [0.05, 0.1) is 13.7 Å². The van der Waals surface area contributed by atoms with Gasteiger partial charge in [-0.05, 0) is 48.4 Å². The van der Waals surface area contributed by atoms with E-state index in [2.05, 4.69) is 6.07 Å². The molecule has 0 bridgehead atoms. The Kier molecular flexibility index (Phi) is 3.27. The zero-order valence-electron chi connectivity index (χ0n) is 9.36. The van der Waals surface area contributed by atoms with E-state index in [1.807, 2.05) is 31.2 Å². The Labute approximate surface area is 99.1 Å². The van der Waals surface area contributed by atoms with Crippen LogP contribution in [0, 0.1) is 6.92 Å². The first-order valence-electron chi connectivity index (χ1n) is 5.09. The topological polar surface area (TPSA) is 29.5 Å². The average Bonchev–Trinajstić information content (AvgIpc) is 2.77. The first-order valence-corrected chi connectivity index (χ1v) is 5.91. The third kappa shape index (κ3) is 2.10. The Balaban J connectivity index is 2.37. The molecule has 1 N–H and O–H groups in total. The van der Waals surface area contributed by atoms with Crippen LogP contribution in [-0.4, -0.2) is 12.2 Å². The van der Waals surface area contributed by atoms with Crippen LogP contribution in [0.3, 0.4) is 0 Å². The van der Waals surface area contributed by atoms with Crippen molar-refractivity contribution < 1.29 is 9.84 Å². The van der Waals surface area contributed by atoms with Crippen molar-refractivity contribution in [2.45, 2.75) is 13.5 Å². The van der Waals surface area contributed by atoms with Crippen molar-refractivity contribution in [2.24, 2.45) is 0 Å². The number of ether oxygens (including phenoxy) is 1. The molecule has 0 atom stereocenters. The van der Waals surface area contributed by atoms with Crippen LogP contribution >= 0.6 is 11.3 Å². The first kappa shape index (κ1) is 11.2. The Bertz CT molecular complexity index is 488. The zero-order chi connectivity index (χ0) is 11.5. The summed E-state index contributed by atoms with van der Waals surface area (Å²) in [5, 5.41) is 9.03. The third-order valence-corrected chi connectivity index (χ3v) is 3.62. The van der Waals surface area contributed by atoms with Crippen molar-refractivity contribution in [1.29, 1.82) is 0 Å². The van der Waals surface area contributed by atoms with Gasteiger partial charge in [-0.1, -0.05) is 0 Å². The molecule has 0 amide bonds. The normalized spacial score (nSPS) is 10.4. The molecule has 3 heteroatoms. The molecule has 2 nitrogen and oxygen atoms in total. The van der Waals surface area contributed by atoms with Gasteiger partial charge in [-0.3, -0.25) is 0 Å². The molecule has 84 valence electrons. The van der Waals surface area contributed by atoms with Crippen LogP contribution in [0.5, 0.6) is 5.75 Å². The van der Waals surface area contributed by atoms with Gasteiger partial charge in [0.2, 0.25) is 0 Å². The molecule has 0 fully saturated rings. The molecule has 0 spiro atoms. The van der Waals surface area contributed by atoms with Crippen LogP contribution in [0.15, 0.2) is 30.3 Å². The van der Waals surface area contributed by atoms with E-state index in [0.29, 0.717) is 0 Å². The van der Waals surface area contributed by atoms with Gasteiger partial charge < -0.3 is 9.84 Å². The number of aliphatic hydroxyl groups excluding tert-OH is 1. The quantitative estimate of drug-likeness (QED) is 0.883. The highest BCUT2D eigenvalue weighted by atomic mass is 32.1. The number of thiophene rings is 1. The van der Waals surface area contributed by atoms with E-state index >= 15 is 0 Å². The summed E-state index contributed by atoms with van der Waals surface area (Å²) in [7, 11) is 1.68. The maximum atomic E-state index is 9.03. The second-order valence-corrected chi connectivity index (χ2v) is 4.78. The number of aryl methyl sites for hydroxylation is 1. The summed E-state index contributed by atoms with van der Waals surface area (Å²) < 4.78 is 5.23. The molecule has 0 aliphatic rings. The van der Waals surface area contributed by atoms with Crippen molar-refractivity contribution in [1.82, 2.24) is 0 Å². The summed E-state index contributed by atoms with van der Waals surface area (Å²) in [4.78, 5) is 2.17. The van der Waals surface area contributed by atoms with E-state index in [-0.39, 0.29) is 6.61 Å². The van der Waals surface area contributed by atoms with Crippen molar-refractivity contribution in [2.75, 3.05) is 7.11 Å². The van der Waals surface area contributed by atoms with Gasteiger partial charge in [-0.25, -0.2) is 0 Å². The predicted octanol–water partition coefficient (Wildman–Crippen LogP) is 3.22. The lowest BCUT2D eigenvalue weighted by molar-refractivity contribution is 0.285. The molecule has 16 heavy (non-hydrogen) atoms. The molecular weight excluding hydrogens is 220 g/mol. The number of rotatable bonds is 3. The average molecular weight is 234 g/mol. The maximum Gasteiger partial charge on any atom is 0.121 e. The fraction of sp³-hybridized carbons (Fsp3) is 0.231. The number of methoxy groups -OCH3 is 1.